The number of carbonyl (C=O) groups is 1. The Labute approximate surface area is 217 Å². The van der Waals surface area contributed by atoms with Gasteiger partial charge in [-0.05, 0) is 72.6 Å². The zero-order valence-corrected chi connectivity index (χ0v) is 20.5. The van der Waals surface area contributed by atoms with E-state index in [1.54, 1.807) is 18.5 Å². The molecule has 0 radical (unpaired) electrons. The first kappa shape index (κ1) is 26.4. The van der Waals surface area contributed by atoms with Gasteiger partial charge in [0.05, 0.1) is 9.79 Å². The van der Waals surface area contributed by atoms with E-state index in [0.717, 1.165) is 5.56 Å². The third-order valence-electron chi connectivity index (χ3n) is 5.28. The monoisotopic (exact) mass is 535 g/mol. The van der Waals surface area contributed by atoms with Crippen LogP contribution in [0.4, 0.5) is 23.7 Å². The highest BCUT2D eigenvalue weighted by Crippen LogP contribution is 2.27. The van der Waals surface area contributed by atoms with E-state index in [1.807, 2.05) is 6.07 Å². The number of sulfone groups is 1. The maximum Gasteiger partial charge on any atom is 0.319 e. The maximum absolute atomic E-state index is 13.8. The first-order valence-electron chi connectivity index (χ1n) is 11.3. The van der Waals surface area contributed by atoms with Crippen LogP contribution in [0.2, 0.25) is 0 Å². The molecule has 38 heavy (non-hydrogen) atoms. The van der Waals surface area contributed by atoms with Crippen molar-refractivity contribution in [2.24, 2.45) is 0 Å². The Bertz CT molecular complexity index is 1610. The molecule has 2 N–H and O–H groups in total. The van der Waals surface area contributed by atoms with E-state index < -0.39 is 38.2 Å². The molecular formula is C28H20F3N3O3S. The molecule has 0 spiro atoms. The van der Waals surface area contributed by atoms with Crippen LogP contribution in [0.3, 0.4) is 0 Å². The molecule has 4 aromatic rings. The van der Waals surface area contributed by atoms with Crippen molar-refractivity contribution < 1.29 is 26.4 Å². The fraction of sp³-hybridized carbons (Fsp3) is 0.0714. The van der Waals surface area contributed by atoms with Crippen molar-refractivity contribution in [2.75, 3.05) is 11.9 Å². The van der Waals surface area contributed by atoms with Gasteiger partial charge in [-0.2, -0.15) is 0 Å². The zero-order valence-electron chi connectivity index (χ0n) is 19.7. The highest BCUT2D eigenvalue weighted by Gasteiger charge is 2.23. The number of rotatable bonds is 6. The van der Waals surface area contributed by atoms with Crippen molar-refractivity contribution in [3.05, 3.63) is 119 Å². The summed E-state index contributed by atoms with van der Waals surface area (Å²) in [4.78, 5) is 15.5. The molecule has 3 aromatic carbocycles. The number of nitrogens with zero attached hydrogens (tertiary/aromatic N) is 1. The summed E-state index contributed by atoms with van der Waals surface area (Å²) >= 11 is 0. The van der Waals surface area contributed by atoms with Crippen LogP contribution in [0.5, 0.6) is 0 Å². The summed E-state index contributed by atoms with van der Waals surface area (Å²) in [5, 5.41) is 5.31. The molecule has 2 amide bonds. The van der Waals surface area contributed by atoms with Gasteiger partial charge in [0.15, 0.2) is 0 Å². The summed E-state index contributed by atoms with van der Waals surface area (Å²) in [6, 6.07) is 14.2. The smallest absolute Gasteiger partial charge is 0.319 e. The van der Waals surface area contributed by atoms with Crippen molar-refractivity contribution in [3.63, 3.8) is 0 Å². The molecule has 192 valence electrons. The van der Waals surface area contributed by atoms with Crippen LogP contribution in [-0.4, -0.2) is 26.0 Å². The molecule has 0 unspecified atom stereocenters. The maximum atomic E-state index is 13.8. The van der Waals surface area contributed by atoms with Crippen LogP contribution in [0.25, 0.3) is 0 Å². The number of urea groups is 1. The van der Waals surface area contributed by atoms with Crippen molar-refractivity contribution in [2.45, 2.75) is 16.2 Å². The van der Waals surface area contributed by atoms with Crippen LogP contribution in [0.15, 0.2) is 95.0 Å². The number of anilines is 1. The number of pyridine rings is 1. The Kier molecular flexibility index (Phi) is 8.09. The van der Waals surface area contributed by atoms with E-state index in [-0.39, 0.29) is 16.1 Å². The minimum Gasteiger partial charge on any atom is -0.338 e. The Morgan fingerprint density at radius 3 is 2.29 bits per heavy atom. The standard InChI is InChI=1S/C28H20F3N3O3S/c29-22-7-4-19(5-8-22)3-6-21-14-25(34-28(35)33-13-11-20-2-1-12-32-18-20)9-10-27(21)38(36,37)26-16-23(30)15-24(31)17-26/h1-2,4-5,7-10,12,14-18H,11,13H2,(H2,33,34,35). The minimum atomic E-state index is -4.39. The number of hydrogen-bond donors (Lipinski definition) is 2. The predicted molar refractivity (Wildman–Crippen MR) is 136 cm³/mol. The molecular weight excluding hydrogens is 515 g/mol. The highest BCUT2D eigenvalue weighted by molar-refractivity contribution is 7.91. The van der Waals surface area contributed by atoms with E-state index in [2.05, 4.69) is 27.5 Å². The number of carbonyl (C=O) groups excluding carboxylic acids is 1. The summed E-state index contributed by atoms with van der Waals surface area (Å²) in [6.45, 7) is 0.326. The lowest BCUT2D eigenvalue weighted by molar-refractivity contribution is 0.252. The zero-order chi connectivity index (χ0) is 27.1. The van der Waals surface area contributed by atoms with E-state index in [9.17, 15) is 26.4 Å². The van der Waals surface area contributed by atoms with E-state index in [0.29, 0.717) is 36.7 Å². The molecule has 0 aliphatic carbocycles. The average Bonchev–Trinajstić information content (AvgIpc) is 2.88. The van der Waals surface area contributed by atoms with Gasteiger partial charge in [0.1, 0.15) is 17.5 Å². The molecule has 0 aliphatic heterocycles. The molecule has 0 bridgehead atoms. The molecule has 10 heteroatoms. The lowest BCUT2D eigenvalue weighted by atomic mass is 10.1. The van der Waals surface area contributed by atoms with E-state index in [4.69, 9.17) is 0 Å². The number of halogens is 3. The summed E-state index contributed by atoms with van der Waals surface area (Å²) in [7, 11) is -4.39. The quantitative estimate of drug-likeness (QED) is 0.337. The molecule has 1 aromatic heterocycles. The second kappa shape index (κ2) is 11.6. The molecule has 0 saturated carbocycles. The molecule has 0 aliphatic rings. The minimum absolute atomic E-state index is 0.0350. The van der Waals surface area contributed by atoms with E-state index in [1.165, 1.54) is 42.5 Å². The van der Waals surface area contributed by atoms with Crippen molar-refractivity contribution in [3.8, 4) is 11.8 Å². The highest BCUT2D eigenvalue weighted by atomic mass is 32.2. The first-order valence-corrected chi connectivity index (χ1v) is 12.8. The Morgan fingerprint density at radius 1 is 0.868 bits per heavy atom. The second-order valence-electron chi connectivity index (χ2n) is 8.07. The molecule has 6 nitrogen and oxygen atoms in total. The SMILES string of the molecule is O=C(NCCc1cccnc1)Nc1ccc(S(=O)(=O)c2cc(F)cc(F)c2)c(C#Cc2ccc(F)cc2)c1. The summed E-state index contributed by atoms with van der Waals surface area (Å²) in [5.41, 5.74) is 1.54. The normalized spacial score (nSPS) is 10.8. The fourth-order valence-corrected chi connectivity index (χ4v) is 4.90. The van der Waals surface area contributed by atoms with E-state index >= 15 is 0 Å². The largest absolute Gasteiger partial charge is 0.338 e. The Hall–Kier alpha value is -4.62. The van der Waals surface area contributed by atoms with Gasteiger partial charge >= 0.3 is 6.03 Å². The van der Waals surface area contributed by atoms with Crippen molar-refractivity contribution >= 4 is 21.6 Å². The molecule has 1 heterocycles. The molecule has 0 saturated heterocycles. The van der Waals surface area contributed by atoms with Gasteiger partial charge < -0.3 is 10.6 Å². The number of hydrogen-bond acceptors (Lipinski definition) is 4. The average molecular weight is 536 g/mol. The van der Waals surface area contributed by atoms with Gasteiger partial charge in [0, 0.05) is 41.8 Å². The Morgan fingerprint density at radius 2 is 1.61 bits per heavy atom. The van der Waals surface area contributed by atoms with Crippen molar-refractivity contribution in [1.29, 1.82) is 0 Å². The number of amides is 2. The predicted octanol–water partition coefficient (Wildman–Crippen LogP) is 5.10. The van der Waals surface area contributed by atoms with Crippen LogP contribution >= 0.6 is 0 Å². The topological polar surface area (TPSA) is 88.2 Å². The summed E-state index contributed by atoms with van der Waals surface area (Å²) in [6.07, 6.45) is 3.89. The molecule has 0 fully saturated rings. The van der Waals surface area contributed by atoms with Gasteiger partial charge in [0.25, 0.3) is 0 Å². The lowest BCUT2D eigenvalue weighted by Crippen LogP contribution is -2.30. The van der Waals surface area contributed by atoms with Crippen LogP contribution in [0.1, 0.15) is 16.7 Å². The van der Waals surface area contributed by atoms with Gasteiger partial charge in [-0.3, -0.25) is 4.98 Å². The second-order valence-corrected chi connectivity index (χ2v) is 9.99. The molecule has 4 rings (SSSR count). The fourth-order valence-electron chi connectivity index (χ4n) is 3.46. The number of nitrogens with one attached hydrogen (secondary N) is 2. The van der Waals surface area contributed by atoms with Crippen molar-refractivity contribution in [1.82, 2.24) is 10.3 Å². The van der Waals surface area contributed by atoms with Gasteiger partial charge in [0.2, 0.25) is 9.84 Å². The van der Waals surface area contributed by atoms with Gasteiger partial charge in [-0.1, -0.05) is 17.9 Å². The van der Waals surface area contributed by atoms with Crippen LogP contribution in [0, 0.1) is 29.3 Å². The van der Waals surface area contributed by atoms with Crippen LogP contribution in [-0.2, 0) is 16.3 Å². The summed E-state index contributed by atoms with van der Waals surface area (Å²) < 4.78 is 67.3. The Balaban J connectivity index is 1.62. The third-order valence-corrected chi connectivity index (χ3v) is 7.07. The first-order chi connectivity index (χ1) is 18.2. The number of aromatic nitrogens is 1. The summed E-state index contributed by atoms with van der Waals surface area (Å²) in [5.74, 6) is 2.89. The lowest BCUT2D eigenvalue weighted by Gasteiger charge is -2.11. The molecule has 0 atom stereocenters. The third kappa shape index (κ3) is 6.78. The number of benzene rings is 3. The van der Waals surface area contributed by atoms with Crippen LogP contribution < -0.4 is 10.6 Å². The van der Waals surface area contributed by atoms with Gasteiger partial charge in [-0.15, -0.1) is 0 Å². The van der Waals surface area contributed by atoms with Gasteiger partial charge in [-0.25, -0.2) is 26.4 Å².